The van der Waals surface area contributed by atoms with E-state index in [9.17, 15) is 4.79 Å². The minimum Gasteiger partial charge on any atom is -0.497 e. The number of hydrogen-bond acceptors (Lipinski definition) is 7. The van der Waals surface area contributed by atoms with Crippen molar-refractivity contribution in [1.29, 1.82) is 0 Å². The van der Waals surface area contributed by atoms with E-state index in [2.05, 4.69) is 11.2 Å². The predicted octanol–water partition coefficient (Wildman–Crippen LogP) is 5.38. The van der Waals surface area contributed by atoms with Gasteiger partial charge in [0.05, 0.1) is 39.0 Å². The maximum atomic E-state index is 12.7. The molecule has 0 fully saturated rings. The molecule has 2 aromatic carbocycles. The second-order valence-corrected chi connectivity index (χ2v) is 8.19. The summed E-state index contributed by atoms with van der Waals surface area (Å²) in [6, 6.07) is 17.0. The molecule has 35 heavy (non-hydrogen) atoms. The average molecular weight is 476 g/mol. The number of hydrogen-bond donors (Lipinski definition) is 0. The van der Waals surface area contributed by atoms with Crippen LogP contribution in [0.2, 0.25) is 0 Å². The second kappa shape index (κ2) is 12.0. The zero-order chi connectivity index (χ0) is 24.5. The lowest BCUT2D eigenvalue weighted by Crippen LogP contribution is -2.16. The van der Waals surface area contributed by atoms with Crippen molar-refractivity contribution in [3.63, 3.8) is 0 Å². The third-order valence-corrected chi connectivity index (χ3v) is 5.86. The van der Waals surface area contributed by atoms with Gasteiger partial charge in [-0.2, -0.15) is 0 Å². The molecule has 0 radical (unpaired) electrons. The molecule has 182 valence electrons. The summed E-state index contributed by atoms with van der Waals surface area (Å²) in [6.07, 6.45) is 8.45. The second-order valence-electron chi connectivity index (χ2n) is 8.19. The molecule has 7 heteroatoms. The zero-order valence-corrected chi connectivity index (χ0v) is 19.9. The largest absolute Gasteiger partial charge is 0.497 e. The fourth-order valence-electron chi connectivity index (χ4n) is 3.83. The van der Waals surface area contributed by atoms with Gasteiger partial charge in [0.2, 0.25) is 0 Å². The van der Waals surface area contributed by atoms with Gasteiger partial charge >= 0.3 is 5.97 Å². The Bertz CT molecular complexity index is 1130. The van der Waals surface area contributed by atoms with Crippen molar-refractivity contribution >= 4 is 5.97 Å². The Balaban J connectivity index is 1.32. The number of methoxy groups -OCH3 is 2. The summed E-state index contributed by atoms with van der Waals surface area (Å²) in [4.78, 5) is 12.7. The highest BCUT2D eigenvalue weighted by atomic mass is 16.5. The lowest BCUT2D eigenvalue weighted by molar-refractivity contribution is -0.145. The van der Waals surface area contributed by atoms with E-state index in [1.165, 1.54) is 6.26 Å². The Hall–Kier alpha value is -3.84. The number of carbonyl (C=O) groups is 1. The number of esters is 1. The molecule has 0 spiro atoms. The molecule has 2 atom stereocenters. The number of nitrogens with zero attached hydrogens (tertiary/aromatic N) is 1. The first-order valence-electron chi connectivity index (χ1n) is 11.5. The van der Waals surface area contributed by atoms with Gasteiger partial charge in [0.15, 0.2) is 0 Å². The first-order valence-corrected chi connectivity index (χ1v) is 11.5. The lowest BCUT2D eigenvalue weighted by atomic mass is 9.88. The van der Waals surface area contributed by atoms with Gasteiger partial charge in [-0.25, -0.2) is 0 Å². The van der Waals surface area contributed by atoms with Crippen LogP contribution in [0.1, 0.15) is 35.6 Å². The first kappa shape index (κ1) is 24.3. The van der Waals surface area contributed by atoms with E-state index < -0.39 is 0 Å². The molecule has 1 heterocycles. The average Bonchev–Trinajstić information content (AvgIpc) is 3.45. The molecule has 1 aromatic heterocycles. The summed E-state index contributed by atoms with van der Waals surface area (Å²) in [6.45, 7) is 0.705. The fourth-order valence-corrected chi connectivity index (χ4v) is 3.83. The van der Waals surface area contributed by atoms with Crippen molar-refractivity contribution in [2.75, 3.05) is 14.2 Å². The molecule has 0 N–H and O–H groups in total. The minimum absolute atomic E-state index is 0.0409. The number of carbonyl (C=O) groups excluding carboxylic acids is 1. The number of benzene rings is 2. The van der Waals surface area contributed by atoms with Gasteiger partial charge in [-0.3, -0.25) is 4.79 Å². The van der Waals surface area contributed by atoms with E-state index in [0.29, 0.717) is 18.7 Å². The molecule has 1 aliphatic carbocycles. The van der Waals surface area contributed by atoms with Crippen LogP contribution in [-0.4, -0.2) is 31.4 Å². The van der Waals surface area contributed by atoms with Gasteiger partial charge in [-0.1, -0.05) is 47.7 Å². The molecule has 1 aliphatic rings. The van der Waals surface area contributed by atoms with E-state index in [0.717, 1.165) is 28.2 Å². The monoisotopic (exact) mass is 475 g/mol. The number of allylic oxidation sites excluding steroid dienone is 2. The van der Waals surface area contributed by atoms with Crippen LogP contribution in [0, 0.1) is 0 Å². The standard InChI is InChI=1S/C28H29NO6/c1-31-23-9-3-20(4-10-23)18-33-25-13-7-22(8-14-25)26(27-15-16-35-29-27)17-28(30)34-19-21-5-11-24(32-2)12-6-21/h3-13,15-16,25-26H,14,17-19H2,1-2H3. The lowest BCUT2D eigenvalue weighted by Gasteiger charge is -2.21. The molecule has 2 unspecified atom stereocenters. The fraction of sp³-hybridized carbons (Fsp3) is 0.286. The summed E-state index contributed by atoms with van der Waals surface area (Å²) >= 11 is 0. The van der Waals surface area contributed by atoms with Crippen molar-refractivity contribution in [1.82, 2.24) is 5.16 Å². The number of aromatic nitrogens is 1. The van der Waals surface area contributed by atoms with Crippen LogP contribution in [0.5, 0.6) is 11.5 Å². The Morgan fingerprint density at radius 3 is 2.17 bits per heavy atom. The summed E-state index contributed by atoms with van der Waals surface area (Å²) < 4.78 is 27.0. The van der Waals surface area contributed by atoms with Crippen LogP contribution >= 0.6 is 0 Å². The Kier molecular flexibility index (Phi) is 8.35. The normalized spacial score (nSPS) is 15.8. The molecule has 0 amide bonds. The number of ether oxygens (including phenoxy) is 4. The van der Waals surface area contributed by atoms with Crippen LogP contribution in [0.15, 0.2) is 89.2 Å². The van der Waals surface area contributed by atoms with Crippen molar-refractivity contribution in [2.45, 2.75) is 38.1 Å². The quantitative estimate of drug-likeness (QED) is 0.345. The molecule has 0 aliphatic heterocycles. The molecule has 0 bridgehead atoms. The van der Waals surface area contributed by atoms with Crippen LogP contribution in [0.3, 0.4) is 0 Å². The van der Waals surface area contributed by atoms with Crippen molar-refractivity contribution in [3.05, 3.63) is 101 Å². The van der Waals surface area contributed by atoms with Crippen LogP contribution in [0.4, 0.5) is 0 Å². The van der Waals surface area contributed by atoms with Gasteiger partial charge in [0.1, 0.15) is 24.4 Å². The third kappa shape index (κ3) is 6.83. The van der Waals surface area contributed by atoms with Crippen molar-refractivity contribution in [3.8, 4) is 11.5 Å². The van der Waals surface area contributed by atoms with Crippen LogP contribution < -0.4 is 9.47 Å². The molecule has 7 nitrogen and oxygen atoms in total. The number of rotatable bonds is 11. The SMILES string of the molecule is COc1ccc(COC(=O)CC(C2=CCC(OCc3ccc(OC)cc3)C=C2)c2ccon2)cc1. The van der Waals surface area contributed by atoms with Gasteiger partial charge < -0.3 is 23.5 Å². The summed E-state index contributed by atoms with van der Waals surface area (Å²) in [5.74, 6) is 1.02. The molecule has 4 rings (SSSR count). The molecular formula is C28H29NO6. The summed E-state index contributed by atoms with van der Waals surface area (Å²) in [5.41, 5.74) is 3.66. The Morgan fingerprint density at radius 2 is 1.63 bits per heavy atom. The first-order chi connectivity index (χ1) is 17.1. The van der Waals surface area contributed by atoms with Crippen LogP contribution in [-0.2, 0) is 27.5 Å². The van der Waals surface area contributed by atoms with E-state index >= 15 is 0 Å². The van der Waals surface area contributed by atoms with Crippen molar-refractivity contribution < 1.29 is 28.3 Å². The zero-order valence-electron chi connectivity index (χ0n) is 19.9. The maximum Gasteiger partial charge on any atom is 0.307 e. The highest BCUT2D eigenvalue weighted by Gasteiger charge is 2.24. The highest BCUT2D eigenvalue weighted by molar-refractivity contribution is 5.71. The van der Waals surface area contributed by atoms with E-state index in [4.69, 9.17) is 23.5 Å². The highest BCUT2D eigenvalue weighted by Crippen LogP contribution is 2.31. The summed E-state index contributed by atoms with van der Waals surface area (Å²) in [7, 11) is 3.26. The van der Waals surface area contributed by atoms with Gasteiger partial charge in [0.25, 0.3) is 0 Å². The van der Waals surface area contributed by atoms with E-state index in [-0.39, 0.29) is 31.0 Å². The van der Waals surface area contributed by atoms with Gasteiger partial charge in [-0.15, -0.1) is 0 Å². The van der Waals surface area contributed by atoms with E-state index in [1.807, 2.05) is 60.7 Å². The van der Waals surface area contributed by atoms with E-state index in [1.54, 1.807) is 20.3 Å². The van der Waals surface area contributed by atoms with Gasteiger partial charge in [-0.05, 0) is 47.4 Å². The summed E-state index contributed by atoms with van der Waals surface area (Å²) in [5, 5.41) is 4.08. The van der Waals surface area contributed by atoms with Crippen molar-refractivity contribution in [2.24, 2.45) is 0 Å². The molecule has 0 saturated carbocycles. The Labute approximate surface area is 204 Å². The predicted molar refractivity (Wildman–Crippen MR) is 130 cm³/mol. The minimum atomic E-state index is -0.305. The molecule has 0 saturated heterocycles. The maximum absolute atomic E-state index is 12.7. The molecule has 3 aromatic rings. The smallest absolute Gasteiger partial charge is 0.307 e. The molecular weight excluding hydrogens is 446 g/mol. The Morgan fingerprint density at radius 1 is 0.971 bits per heavy atom. The van der Waals surface area contributed by atoms with Gasteiger partial charge in [0, 0.05) is 12.0 Å². The van der Waals surface area contributed by atoms with Crippen LogP contribution in [0.25, 0.3) is 0 Å². The topological polar surface area (TPSA) is 80.0 Å². The third-order valence-electron chi connectivity index (χ3n) is 5.86.